The number of amides is 2. The van der Waals surface area contributed by atoms with E-state index in [1.807, 2.05) is 19.9 Å². The molecule has 0 bridgehead atoms. The van der Waals surface area contributed by atoms with Gasteiger partial charge in [0, 0.05) is 31.2 Å². The standard InChI is InChI=1S/C16H27N3O2/c1-3-18(4-2)16(21)14-10-13(17)11-19(14)15(20)12-8-6-5-7-9-12/h8,13-14H,3-7,9-11,17H2,1-2H3/t13-,14-/m0/s1. The maximum absolute atomic E-state index is 12.7. The summed E-state index contributed by atoms with van der Waals surface area (Å²) in [4.78, 5) is 28.8. The average molecular weight is 293 g/mol. The number of carbonyl (C=O) groups is 2. The molecule has 5 heteroatoms. The molecule has 0 unspecified atom stereocenters. The SMILES string of the molecule is CCN(CC)C(=O)[C@@H]1C[C@H](N)CN1C(=O)C1=CCCCC1. The van der Waals surface area contributed by atoms with E-state index in [0.717, 1.165) is 31.3 Å². The molecular formula is C16H27N3O2. The van der Waals surface area contributed by atoms with E-state index in [1.54, 1.807) is 9.80 Å². The van der Waals surface area contributed by atoms with Crippen molar-refractivity contribution in [3.63, 3.8) is 0 Å². The molecule has 5 nitrogen and oxygen atoms in total. The first-order valence-electron chi connectivity index (χ1n) is 8.12. The Morgan fingerprint density at radius 2 is 2.05 bits per heavy atom. The number of nitrogens with zero attached hydrogens (tertiary/aromatic N) is 2. The fourth-order valence-electron chi connectivity index (χ4n) is 3.29. The van der Waals surface area contributed by atoms with E-state index in [4.69, 9.17) is 5.73 Å². The van der Waals surface area contributed by atoms with E-state index in [2.05, 4.69) is 0 Å². The molecule has 2 atom stereocenters. The first-order valence-corrected chi connectivity index (χ1v) is 8.12. The Kier molecular flexibility index (Phi) is 5.39. The lowest BCUT2D eigenvalue weighted by Gasteiger charge is -2.30. The van der Waals surface area contributed by atoms with Crippen molar-refractivity contribution in [1.29, 1.82) is 0 Å². The molecule has 0 aromatic heterocycles. The Morgan fingerprint density at radius 3 is 2.62 bits per heavy atom. The maximum atomic E-state index is 12.7. The predicted octanol–water partition coefficient (Wildman–Crippen LogP) is 1.28. The van der Waals surface area contributed by atoms with Gasteiger partial charge in [-0.2, -0.15) is 0 Å². The Labute approximate surface area is 127 Å². The highest BCUT2D eigenvalue weighted by Gasteiger charge is 2.40. The van der Waals surface area contributed by atoms with E-state index in [1.165, 1.54) is 0 Å². The number of nitrogens with two attached hydrogens (primary N) is 1. The first kappa shape index (κ1) is 16.0. The second-order valence-corrected chi connectivity index (χ2v) is 5.95. The highest BCUT2D eigenvalue weighted by molar-refractivity contribution is 5.97. The number of likely N-dealkylation sites (tertiary alicyclic amines) is 1. The Hall–Kier alpha value is -1.36. The van der Waals surface area contributed by atoms with Gasteiger partial charge in [-0.05, 0) is 46.0 Å². The number of likely N-dealkylation sites (N-methyl/N-ethyl adjacent to an activating group) is 1. The van der Waals surface area contributed by atoms with Crippen molar-refractivity contribution in [2.45, 2.75) is 58.0 Å². The molecule has 1 aliphatic heterocycles. The zero-order chi connectivity index (χ0) is 15.4. The van der Waals surface area contributed by atoms with Crippen LogP contribution < -0.4 is 5.73 Å². The van der Waals surface area contributed by atoms with Gasteiger partial charge in [-0.25, -0.2) is 0 Å². The van der Waals surface area contributed by atoms with Gasteiger partial charge in [-0.3, -0.25) is 9.59 Å². The highest BCUT2D eigenvalue weighted by atomic mass is 16.2. The van der Waals surface area contributed by atoms with Crippen LogP contribution in [-0.4, -0.2) is 53.3 Å². The van der Waals surface area contributed by atoms with Crippen LogP contribution in [0.15, 0.2) is 11.6 Å². The summed E-state index contributed by atoms with van der Waals surface area (Å²) >= 11 is 0. The van der Waals surface area contributed by atoms with E-state index in [9.17, 15) is 9.59 Å². The molecular weight excluding hydrogens is 266 g/mol. The minimum Gasteiger partial charge on any atom is -0.341 e. The highest BCUT2D eigenvalue weighted by Crippen LogP contribution is 2.25. The predicted molar refractivity (Wildman–Crippen MR) is 82.6 cm³/mol. The molecule has 0 aromatic rings. The Bertz CT molecular complexity index is 429. The van der Waals surface area contributed by atoms with Crippen LogP contribution in [0.4, 0.5) is 0 Å². The zero-order valence-electron chi connectivity index (χ0n) is 13.2. The third kappa shape index (κ3) is 3.46. The van der Waals surface area contributed by atoms with Gasteiger partial charge in [0.15, 0.2) is 0 Å². The van der Waals surface area contributed by atoms with Gasteiger partial charge in [0.25, 0.3) is 0 Å². The third-order valence-corrected chi connectivity index (χ3v) is 4.52. The molecule has 118 valence electrons. The molecule has 0 saturated carbocycles. The van der Waals surface area contributed by atoms with Crippen molar-refractivity contribution in [1.82, 2.24) is 9.80 Å². The largest absolute Gasteiger partial charge is 0.341 e. The summed E-state index contributed by atoms with van der Waals surface area (Å²) in [7, 11) is 0. The zero-order valence-corrected chi connectivity index (χ0v) is 13.2. The molecule has 2 rings (SSSR count). The van der Waals surface area contributed by atoms with Crippen LogP contribution in [-0.2, 0) is 9.59 Å². The van der Waals surface area contributed by atoms with Crippen LogP contribution in [0.1, 0.15) is 46.0 Å². The minimum absolute atomic E-state index is 0.0214. The molecule has 1 fully saturated rings. The van der Waals surface area contributed by atoms with Gasteiger partial charge in [-0.1, -0.05) is 6.08 Å². The van der Waals surface area contributed by atoms with E-state index >= 15 is 0 Å². The van der Waals surface area contributed by atoms with Crippen LogP contribution in [0.5, 0.6) is 0 Å². The molecule has 1 aliphatic carbocycles. The molecule has 21 heavy (non-hydrogen) atoms. The summed E-state index contributed by atoms with van der Waals surface area (Å²) < 4.78 is 0. The number of carbonyl (C=O) groups excluding carboxylic acids is 2. The van der Waals surface area contributed by atoms with Crippen LogP contribution in [0.25, 0.3) is 0 Å². The third-order valence-electron chi connectivity index (χ3n) is 4.52. The number of hydrogen-bond acceptors (Lipinski definition) is 3. The second kappa shape index (κ2) is 7.07. The van der Waals surface area contributed by atoms with Gasteiger partial charge in [-0.15, -0.1) is 0 Å². The summed E-state index contributed by atoms with van der Waals surface area (Å²) in [5.41, 5.74) is 6.89. The fourth-order valence-corrected chi connectivity index (χ4v) is 3.29. The summed E-state index contributed by atoms with van der Waals surface area (Å²) in [5.74, 6) is 0.0610. The summed E-state index contributed by atoms with van der Waals surface area (Å²) in [6.07, 6.45) is 6.62. The van der Waals surface area contributed by atoms with Crippen LogP contribution in [0.3, 0.4) is 0 Å². The van der Waals surface area contributed by atoms with Crippen molar-refractivity contribution < 1.29 is 9.59 Å². The maximum Gasteiger partial charge on any atom is 0.250 e. The smallest absolute Gasteiger partial charge is 0.250 e. The lowest BCUT2D eigenvalue weighted by molar-refractivity contribution is -0.141. The van der Waals surface area contributed by atoms with Gasteiger partial charge in [0.1, 0.15) is 6.04 Å². The molecule has 2 N–H and O–H groups in total. The van der Waals surface area contributed by atoms with Crippen molar-refractivity contribution in [2.24, 2.45) is 5.73 Å². The van der Waals surface area contributed by atoms with Gasteiger partial charge in [0.05, 0.1) is 0 Å². The number of hydrogen-bond donors (Lipinski definition) is 1. The lowest BCUT2D eigenvalue weighted by Crippen LogP contribution is -2.48. The Balaban J connectivity index is 2.14. The summed E-state index contributed by atoms with van der Waals surface area (Å²) in [5, 5.41) is 0. The van der Waals surface area contributed by atoms with Crippen molar-refractivity contribution >= 4 is 11.8 Å². The van der Waals surface area contributed by atoms with Gasteiger partial charge >= 0.3 is 0 Å². The Morgan fingerprint density at radius 1 is 1.33 bits per heavy atom. The number of rotatable bonds is 4. The molecule has 2 aliphatic rings. The van der Waals surface area contributed by atoms with Crippen LogP contribution in [0, 0.1) is 0 Å². The van der Waals surface area contributed by atoms with E-state index in [-0.39, 0.29) is 23.9 Å². The molecule has 2 amide bonds. The monoisotopic (exact) mass is 293 g/mol. The molecule has 0 aromatic carbocycles. The topological polar surface area (TPSA) is 66.6 Å². The summed E-state index contributed by atoms with van der Waals surface area (Å²) in [6.45, 7) is 5.77. The van der Waals surface area contributed by atoms with Crippen molar-refractivity contribution in [3.05, 3.63) is 11.6 Å². The fraction of sp³-hybridized carbons (Fsp3) is 0.750. The first-order chi connectivity index (χ1) is 10.1. The van der Waals surface area contributed by atoms with Gasteiger partial charge < -0.3 is 15.5 Å². The normalized spacial score (nSPS) is 25.7. The quantitative estimate of drug-likeness (QED) is 0.849. The van der Waals surface area contributed by atoms with Crippen LogP contribution >= 0.6 is 0 Å². The second-order valence-electron chi connectivity index (χ2n) is 5.95. The molecule has 0 radical (unpaired) electrons. The molecule has 1 heterocycles. The number of allylic oxidation sites excluding steroid dienone is 1. The van der Waals surface area contributed by atoms with E-state index < -0.39 is 0 Å². The van der Waals surface area contributed by atoms with E-state index in [0.29, 0.717) is 26.1 Å². The van der Waals surface area contributed by atoms with Crippen molar-refractivity contribution in [2.75, 3.05) is 19.6 Å². The average Bonchev–Trinajstić information content (AvgIpc) is 2.90. The van der Waals surface area contributed by atoms with Crippen molar-refractivity contribution in [3.8, 4) is 0 Å². The van der Waals surface area contributed by atoms with Crippen LogP contribution in [0.2, 0.25) is 0 Å². The lowest BCUT2D eigenvalue weighted by atomic mass is 9.98. The minimum atomic E-state index is -0.379. The van der Waals surface area contributed by atoms with Gasteiger partial charge in [0.2, 0.25) is 11.8 Å². The molecule has 1 saturated heterocycles. The molecule has 0 spiro atoms. The summed E-state index contributed by atoms with van der Waals surface area (Å²) in [6, 6.07) is -0.474.